The molecule has 1 aliphatic heterocycles. The second-order valence-electron chi connectivity index (χ2n) is 8.72. The smallest absolute Gasteiger partial charge is 0.418 e. The number of nitrogens with zero attached hydrogens (tertiary/aromatic N) is 3. The molecule has 1 atom stereocenters. The van der Waals surface area contributed by atoms with Crippen molar-refractivity contribution in [3.05, 3.63) is 70.9 Å². The van der Waals surface area contributed by atoms with Crippen molar-refractivity contribution in [3.63, 3.8) is 0 Å². The van der Waals surface area contributed by atoms with E-state index in [0.29, 0.717) is 19.3 Å². The zero-order valence-electron chi connectivity index (χ0n) is 20.9. The van der Waals surface area contributed by atoms with Crippen molar-refractivity contribution >= 4 is 28.9 Å². The van der Waals surface area contributed by atoms with Crippen LogP contribution in [0.5, 0.6) is 11.6 Å². The van der Waals surface area contributed by atoms with Crippen molar-refractivity contribution in [2.75, 3.05) is 25.5 Å². The fourth-order valence-corrected chi connectivity index (χ4v) is 4.83. The summed E-state index contributed by atoms with van der Waals surface area (Å²) in [6.07, 6.45) is -4.26. The van der Waals surface area contributed by atoms with Gasteiger partial charge in [0.15, 0.2) is 10.6 Å². The van der Waals surface area contributed by atoms with E-state index in [9.17, 15) is 31.7 Å². The lowest BCUT2D eigenvalue weighted by Gasteiger charge is -2.30. The van der Waals surface area contributed by atoms with E-state index in [4.69, 9.17) is 4.74 Å². The number of aromatic nitrogens is 2. The van der Waals surface area contributed by atoms with Gasteiger partial charge in [0, 0.05) is 31.0 Å². The molecule has 0 spiro atoms. The Hall–Kier alpha value is -3.75. The van der Waals surface area contributed by atoms with Crippen LogP contribution >= 0.6 is 0 Å². The number of pyridine rings is 2. The SMILES string of the molecule is Cc1nc(F)ccc1Oc1ncc(C(F)(F)F)c(C)c1C(=O)Nc1cccc([S@@+]([O-])N(C)C(=O)C2CNC2)c1. The molecule has 9 nitrogen and oxygen atoms in total. The molecule has 3 heterocycles. The Morgan fingerprint density at radius 1 is 1.21 bits per heavy atom. The molecule has 1 aromatic carbocycles. The third-order valence-electron chi connectivity index (χ3n) is 6.03. The summed E-state index contributed by atoms with van der Waals surface area (Å²) in [7, 11) is 1.40. The van der Waals surface area contributed by atoms with Crippen LogP contribution in [-0.2, 0) is 22.3 Å². The van der Waals surface area contributed by atoms with Crippen molar-refractivity contribution < 1.29 is 36.4 Å². The first-order valence-corrected chi connectivity index (χ1v) is 12.7. The van der Waals surface area contributed by atoms with Gasteiger partial charge in [-0.25, -0.2) is 9.97 Å². The number of carbonyl (C=O) groups is 2. The summed E-state index contributed by atoms with van der Waals surface area (Å²) in [5.41, 5.74) is -1.90. The third kappa shape index (κ3) is 6.13. The van der Waals surface area contributed by atoms with E-state index in [2.05, 4.69) is 20.6 Å². The summed E-state index contributed by atoms with van der Waals surface area (Å²) >= 11 is -1.89. The number of carbonyl (C=O) groups excluding carboxylic acids is 2. The number of anilines is 1. The Balaban J connectivity index is 1.64. The summed E-state index contributed by atoms with van der Waals surface area (Å²) in [6.45, 7) is 3.49. The number of amides is 2. The van der Waals surface area contributed by atoms with E-state index in [1.165, 1.54) is 44.3 Å². The number of alkyl halides is 3. The van der Waals surface area contributed by atoms with Crippen molar-refractivity contribution in [1.82, 2.24) is 19.6 Å². The highest BCUT2D eigenvalue weighted by Crippen LogP contribution is 2.37. The fourth-order valence-electron chi connectivity index (χ4n) is 3.78. The minimum Gasteiger partial charge on any atom is -0.588 e. The predicted molar refractivity (Wildman–Crippen MR) is 133 cm³/mol. The lowest BCUT2D eigenvalue weighted by Crippen LogP contribution is -2.52. The molecule has 1 saturated heterocycles. The van der Waals surface area contributed by atoms with Crippen molar-refractivity contribution in [1.29, 1.82) is 0 Å². The van der Waals surface area contributed by atoms with Gasteiger partial charge in [-0.1, -0.05) is 6.07 Å². The predicted octanol–water partition coefficient (Wildman–Crippen LogP) is 4.00. The van der Waals surface area contributed by atoms with E-state index in [0.717, 1.165) is 17.3 Å². The summed E-state index contributed by atoms with van der Waals surface area (Å²) in [4.78, 5) is 33.3. The molecule has 0 saturated carbocycles. The van der Waals surface area contributed by atoms with E-state index in [1.54, 1.807) is 0 Å². The number of ether oxygens (including phenoxy) is 1. The second kappa shape index (κ2) is 11.2. The van der Waals surface area contributed by atoms with Gasteiger partial charge in [-0.3, -0.25) is 9.59 Å². The Morgan fingerprint density at radius 2 is 1.92 bits per heavy atom. The minimum atomic E-state index is -4.80. The molecule has 39 heavy (non-hydrogen) atoms. The van der Waals surface area contributed by atoms with Crippen LogP contribution in [0, 0.1) is 25.7 Å². The molecule has 1 aliphatic rings. The van der Waals surface area contributed by atoms with Crippen LogP contribution in [-0.4, -0.2) is 50.8 Å². The normalized spacial score (nSPS) is 14.4. The van der Waals surface area contributed by atoms with Gasteiger partial charge in [0.25, 0.3) is 11.8 Å². The van der Waals surface area contributed by atoms with E-state index in [1.807, 2.05) is 0 Å². The molecule has 4 rings (SSSR count). The second-order valence-corrected chi connectivity index (χ2v) is 10.2. The van der Waals surface area contributed by atoms with E-state index in [-0.39, 0.29) is 33.9 Å². The molecule has 14 heteroatoms. The first kappa shape index (κ1) is 28.3. The first-order chi connectivity index (χ1) is 18.4. The van der Waals surface area contributed by atoms with Crippen molar-refractivity contribution in [2.45, 2.75) is 24.9 Å². The van der Waals surface area contributed by atoms with Crippen LogP contribution < -0.4 is 15.4 Å². The number of halogens is 4. The fraction of sp³-hybridized carbons (Fsp3) is 0.280. The molecule has 0 bridgehead atoms. The van der Waals surface area contributed by atoms with Crippen LogP contribution in [0.15, 0.2) is 47.5 Å². The molecular formula is C25H23F4N5O4S. The maximum atomic E-state index is 13.6. The van der Waals surface area contributed by atoms with Crippen LogP contribution in [0.4, 0.5) is 23.2 Å². The highest BCUT2D eigenvalue weighted by Gasteiger charge is 2.37. The van der Waals surface area contributed by atoms with Gasteiger partial charge in [-0.05, 0) is 43.7 Å². The van der Waals surface area contributed by atoms with Gasteiger partial charge < -0.3 is 19.9 Å². The topological polar surface area (TPSA) is 120 Å². The van der Waals surface area contributed by atoms with Gasteiger partial charge in [0.2, 0.25) is 11.8 Å². The van der Waals surface area contributed by atoms with Crippen LogP contribution in [0.25, 0.3) is 0 Å². The van der Waals surface area contributed by atoms with Gasteiger partial charge >= 0.3 is 6.18 Å². The number of aryl methyl sites for hydroxylation is 1. The quantitative estimate of drug-likeness (QED) is 0.253. The molecule has 0 aliphatic carbocycles. The minimum absolute atomic E-state index is 0.0103. The van der Waals surface area contributed by atoms with Crippen LogP contribution in [0.2, 0.25) is 0 Å². The number of nitrogens with one attached hydrogen (secondary N) is 2. The zero-order chi connectivity index (χ0) is 28.5. The molecule has 2 N–H and O–H groups in total. The largest absolute Gasteiger partial charge is 0.588 e. The van der Waals surface area contributed by atoms with Crippen molar-refractivity contribution in [3.8, 4) is 11.6 Å². The Kier molecular flexibility index (Phi) is 8.09. The van der Waals surface area contributed by atoms with Gasteiger partial charge in [-0.2, -0.15) is 21.9 Å². The summed E-state index contributed by atoms with van der Waals surface area (Å²) < 4.78 is 73.9. The maximum absolute atomic E-state index is 13.6. The molecule has 206 valence electrons. The Bertz CT molecular complexity index is 1420. The monoisotopic (exact) mass is 565 g/mol. The molecular weight excluding hydrogens is 542 g/mol. The highest BCUT2D eigenvalue weighted by atomic mass is 32.2. The molecule has 2 aromatic heterocycles. The Labute approximate surface area is 223 Å². The molecule has 0 unspecified atom stereocenters. The average Bonchev–Trinajstić information content (AvgIpc) is 2.83. The molecule has 2 amide bonds. The van der Waals surface area contributed by atoms with E-state index >= 15 is 0 Å². The van der Waals surface area contributed by atoms with Gasteiger partial charge in [-0.15, -0.1) is 0 Å². The molecule has 1 fully saturated rings. The number of hydrogen-bond acceptors (Lipinski definition) is 7. The zero-order valence-corrected chi connectivity index (χ0v) is 21.7. The summed E-state index contributed by atoms with van der Waals surface area (Å²) in [5, 5.41) is 5.45. The summed E-state index contributed by atoms with van der Waals surface area (Å²) in [6, 6.07) is 7.97. The summed E-state index contributed by atoms with van der Waals surface area (Å²) in [5.74, 6) is -2.82. The van der Waals surface area contributed by atoms with Crippen LogP contribution in [0.3, 0.4) is 0 Å². The highest BCUT2D eigenvalue weighted by molar-refractivity contribution is 7.89. The number of rotatable bonds is 7. The number of hydrogen-bond donors (Lipinski definition) is 2. The standard InChI is InChI=1S/C25H23F4N5O4S/c1-13-18(25(27,28)29)12-31-23(38-19-7-8-20(26)32-14(19)2)21(13)22(35)33-16-5-4-6-17(9-16)39(37)34(3)24(36)15-10-30-11-15/h4-9,12,15,30H,10-11H2,1-3H3,(H,33,35)/t39-/m1/s1. The van der Waals surface area contributed by atoms with E-state index < -0.39 is 52.0 Å². The Morgan fingerprint density at radius 3 is 2.54 bits per heavy atom. The average molecular weight is 566 g/mol. The van der Waals surface area contributed by atoms with Crippen molar-refractivity contribution in [2.24, 2.45) is 5.92 Å². The van der Waals surface area contributed by atoms with Gasteiger partial charge in [0.1, 0.15) is 16.9 Å². The lowest BCUT2D eigenvalue weighted by atomic mass is 10.0. The number of benzene rings is 1. The first-order valence-electron chi connectivity index (χ1n) is 11.6. The van der Waals surface area contributed by atoms with Gasteiger partial charge in [0.05, 0.1) is 24.2 Å². The lowest BCUT2D eigenvalue weighted by molar-refractivity contribution is -0.138. The molecule has 0 radical (unpaired) electrons. The van der Waals surface area contributed by atoms with Crippen LogP contribution in [0.1, 0.15) is 27.2 Å². The molecule has 3 aromatic rings. The third-order valence-corrected chi connectivity index (χ3v) is 7.36. The maximum Gasteiger partial charge on any atom is 0.418 e.